The normalized spacial score (nSPS) is 30.3. The summed E-state index contributed by atoms with van der Waals surface area (Å²) < 4.78 is 37.0. The van der Waals surface area contributed by atoms with Crippen LogP contribution in [0.15, 0.2) is 24.3 Å². The van der Waals surface area contributed by atoms with Crippen molar-refractivity contribution < 1.29 is 28.2 Å². The van der Waals surface area contributed by atoms with Crippen LogP contribution < -0.4 is 9.47 Å². The fraction of sp³-hybridized carbons (Fsp3) is 0.556. The Labute approximate surface area is 153 Å². The fourth-order valence-corrected chi connectivity index (χ4v) is 5.72. The summed E-state index contributed by atoms with van der Waals surface area (Å²) in [4.78, 5) is 0. The zero-order valence-electron chi connectivity index (χ0n) is 15.2. The minimum Gasteiger partial charge on any atom is -0.493 e. The fourth-order valence-electron chi connectivity index (χ4n) is 4.44. The van der Waals surface area contributed by atoms with E-state index in [1.165, 1.54) is 14.2 Å². The van der Waals surface area contributed by atoms with E-state index >= 15 is 0 Å². The van der Waals surface area contributed by atoms with Crippen LogP contribution in [0.25, 0.3) is 0 Å². The molecule has 2 aliphatic heterocycles. The summed E-state index contributed by atoms with van der Waals surface area (Å²) in [7, 11) is 1.07. The molecule has 142 valence electrons. The van der Waals surface area contributed by atoms with Gasteiger partial charge in [0.25, 0.3) is 0 Å². The number of ether oxygens (including phenoxy) is 2. The second-order valence-corrected chi connectivity index (χ2v) is 9.15. The predicted octanol–water partition coefficient (Wildman–Crippen LogP) is 2.62. The first-order valence-corrected chi connectivity index (χ1v) is 10.2. The van der Waals surface area contributed by atoms with Crippen molar-refractivity contribution in [2.75, 3.05) is 27.9 Å². The number of aliphatic hydroxyl groups excluding tert-OH is 1. The van der Waals surface area contributed by atoms with Crippen LogP contribution >= 0.6 is 7.75 Å². The van der Waals surface area contributed by atoms with E-state index in [-0.39, 0.29) is 11.5 Å². The van der Waals surface area contributed by atoms with Crippen LogP contribution in [0.1, 0.15) is 24.0 Å². The average Bonchev–Trinajstić information content (AvgIpc) is 2.88. The van der Waals surface area contributed by atoms with Crippen LogP contribution in [0.4, 0.5) is 0 Å². The lowest BCUT2D eigenvalue weighted by molar-refractivity contribution is 0.0823. The number of nitrogens with zero attached hydrogens (tertiary/aromatic N) is 1. The molecule has 2 heterocycles. The van der Waals surface area contributed by atoms with Crippen molar-refractivity contribution in [3.05, 3.63) is 35.4 Å². The van der Waals surface area contributed by atoms with Crippen LogP contribution in [0.5, 0.6) is 11.5 Å². The zero-order chi connectivity index (χ0) is 18.5. The highest BCUT2D eigenvalue weighted by Gasteiger charge is 2.54. The molecule has 1 aliphatic carbocycles. The highest BCUT2D eigenvalue weighted by atomic mass is 31.2. The van der Waals surface area contributed by atoms with Crippen molar-refractivity contribution in [3.8, 4) is 11.5 Å². The molecule has 0 amide bonds. The molecule has 4 rings (SSSR count). The molecule has 1 aromatic rings. The van der Waals surface area contributed by atoms with Crippen molar-refractivity contribution in [3.63, 3.8) is 0 Å². The highest BCUT2D eigenvalue weighted by Crippen LogP contribution is 2.59. The number of benzene rings is 1. The van der Waals surface area contributed by atoms with Crippen molar-refractivity contribution in [1.82, 2.24) is 4.67 Å². The molecule has 1 aromatic carbocycles. The molecule has 3 unspecified atom stereocenters. The number of aliphatic hydroxyl groups is 1. The van der Waals surface area contributed by atoms with Gasteiger partial charge >= 0.3 is 7.75 Å². The topological polar surface area (TPSA) is 77.5 Å². The monoisotopic (exact) mass is 381 g/mol. The predicted molar refractivity (Wildman–Crippen MR) is 95.5 cm³/mol. The summed E-state index contributed by atoms with van der Waals surface area (Å²) in [6.45, 7) is 0.954. The van der Waals surface area contributed by atoms with Crippen molar-refractivity contribution in [2.24, 2.45) is 0 Å². The van der Waals surface area contributed by atoms with E-state index in [4.69, 9.17) is 18.5 Å². The lowest BCUT2D eigenvalue weighted by Crippen LogP contribution is -2.42. The number of hydrogen-bond donors (Lipinski definition) is 1. The lowest BCUT2D eigenvalue weighted by Gasteiger charge is -2.36. The SMILES string of the molecule is COc1ccc2c3c1OC1CC(O)C=CC31CCN(P(=O)(OC)OC)C2. The van der Waals surface area contributed by atoms with Crippen LogP contribution in [-0.2, 0) is 25.6 Å². The maximum Gasteiger partial charge on any atom is 0.407 e. The van der Waals surface area contributed by atoms with Gasteiger partial charge in [0.1, 0.15) is 6.10 Å². The summed E-state index contributed by atoms with van der Waals surface area (Å²) in [5.74, 6) is 1.40. The van der Waals surface area contributed by atoms with Crippen LogP contribution in [-0.4, -0.2) is 49.9 Å². The molecule has 7 nitrogen and oxygen atoms in total. The third kappa shape index (κ3) is 2.46. The lowest BCUT2D eigenvalue weighted by atomic mass is 9.69. The van der Waals surface area contributed by atoms with E-state index in [0.717, 1.165) is 16.9 Å². The Morgan fingerprint density at radius 2 is 2.08 bits per heavy atom. The van der Waals surface area contributed by atoms with Gasteiger partial charge in [0, 0.05) is 39.3 Å². The van der Waals surface area contributed by atoms with Gasteiger partial charge in [-0.1, -0.05) is 18.2 Å². The first-order valence-electron chi connectivity index (χ1n) is 8.69. The van der Waals surface area contributed by atoms with Gasteiger partial charge in [-0.3, -0.25) is 9.05 Å². The molecule has 0 radical (unpaired) electrons. The summed E-state index contributed by atoms with van der Waals surface area (Å²) in [5, 5.41) is 10.1. The summed E-state index contributed by atoms with van der Waals surface area (Å²) in [6, 6.07) is 3.85. The third-order valence-corrected chi connectivity index (χ3v) is 7.70. The third-order valence-electron chi connectivity index (χ3n) is 5.74. The summed E-state index contributed by atoms with van der Waals surface area (Å²) in [6.07, 6.45) is 4.37. The molecular weight excluding hydrogens is 357 g/mol. The largest absolute Gasteiger partial charge is 0.493 e. The van der Waals surface area contributed by atoms with E-state index in [1.54, 1.807) is 11.8 Å². The van der Waals surface area contributed by atoms with Gasteiger partial charge in [-0.15, -0.1) is 0 Å². The molecule has 1 N–H and O–H groups in total. The van der Waals surface area contributed by atoms with Gasteiger partial charge < -0.3 is 14.6 Å². The molecule has 26 heavy (non-hydrogen) atoms. The summed E-state index contributed by atoms with van der Waals surface area (Å²) in [5.41, 5.74) is 1.70. The molecule has 0 aromatic heterocycles. The molecule has 0 bridgehead atoms. The Balaban J connectivity index is 1.87. The highest BCUT2D eigenvalue weighted by molar-refractivity contribution is 7.51. The number of rotatable bonds is 4. The minimum absolute atomic E-state index is 0.183. The van der Waals surface area contributed by atoms with Crippen molar-refractivity contribution in [1.29, 1.82) is 0 Å². The van der Waals surface area contributed by atoms with E-state index in [2.05, 4.69) is 6.08 Å². The standard InChI is InChI=1S/C18H24NO6P/c1-22-14-5-4-12-11-19(26(21,23-2)24-3)9-8-18-7-6-13(20)10-15(18)25-17(14)16(12)18/h4-7,13,15,20H,8-11H2,1-3H3. The zero-order valence-corrected chi connectivity index (χ0v) is 16.1. The van der Waals surface area contributed by atoms with E-state index < -0.39 is 13.9 Å². The van der Waals surface area contributed by atoms with E-state index in [0.29, 0.717) is 31.7 Å². The van der Waals surface area contributed by atoms with E-state index in [9.17, 15) is 9.67 Å². The summed E-state index contributed by atoms with van der Waals surface area (Å²) >= 11 is 0. The van der Waals surface area contributed by atoms with Crippen molar-refractivity contribution in [2.45, 2.75) is 37.0 Å². The second kappa shape index (κ2) is 6.36. The Bertz CT molecular complexity index is 788. The van der Waals surface area contributed by atoms with Gasteiger partial charge in [-0.2, -0.15) is 0 Å². The molecule has 3 aliphatic rings. The molecule has 0 fully saturated rings. The van der Waals surface area contributed by atoms with Crippen LogP contribution in [0.3, 0.4) is 0 Å². The Morgan fingerprint density at radius 3 is 2.77 bits per heavy atom. The average molecular weight is 381 g/mol. The Hall–Kier alpha value is -1.37. The molecule has 0 saturated heterocycles. The van der Waals surface area contributed by atoms with Gasteiger partial charge in [0.15, 0.2) is 11.5 Å². The second-order valence-electron chi connectivity index (χ2n) is 6.91. The first-order chi connectivity index (χ1) is 12.5. The first kappa shape index (κ1) is 18.0. The molecule has 0 saturated carbocycles. The molecular formula is C18H24NO6P. The minimum atomic E-state index is -3.35. The Morgan fingerprint density at radius 1 is 1.31 bits per heavy atom. The Kier molecular flexibility index (Phi) is 4.40. The van der Waals surface area contributed by atoms with Crippen molar-refractivity contribution >= 4 is 7.75 Å². The van der Waals surface area contributed by atoms with E-state index in [1.807, 2.05) is 18.2 Å². The van der Waals surface area contributed by atoms with Crippen LogP contribution in [0.2, 0.25) is 0 Å². The molecule has 1 spiro atoms. The van der Waals surface area contributed by atoms with Gasteiger partial charge in [0.05, 0.1) is 18.6 Å². The smallest absolute Gasteiger partial charge is 0.407 e. The molecule has 8 heteroatoms. The van der Waals surface area contributed by atoms with Gasteiger partial charge in [0.2, 0.25) is 0 Å². The molecule has 3 atom stereocenters. The maximum absolute atomic E-state index is 13.0. The van der Waals surface area contributed by atoms with Gasteiger partial charge in [-0.05, 0) is 18.1 Å². The number of methoxy groups -OCH3 is 1. The number of hydrogen-bond acceptors (Lipinski definition) is 6. The van der Waals surface area contributed by atoms with Gasteiger partial charge in [-0.25, -0.2) is 9.24 Å². The van der Waals surface area contributed by atoms with Crippen LogP contribution in [0, 0.1) is 0 Å². The maximum atomic E-state index is 13.0. The quantitative estimate of drug-likeness (QED) is 0.635.